The minimum Gasteiger partial charge on any atom is -0.497 e. The summed E-state index contributed by atoms with van der Waals surface area (Å²) in [7, 11) is -0.178. The lowest BCUT2D eigenvalue weighted by atomic mass is 10.0. The fourth-order valence-electron chi connectivity index (χ4n) is 3.67. The first-order valence-corrected chi connectivity index (χ1v) is 12.0. The van der Waals surface area contributed by atoms with Crippen molar-refractivity contribution in [3.63, 3.8) is 0 Å². The molecular weight excluding hydrogens is 464 g/mol. The molecule has 1 atom stereocenters. The molecule has 11 heteroatoms. The molecule has 0 aliphatic carbocycles. The van der Waals surface area contributed by atoms with Crippen molar-refractivity contribution < 1.29 is 37.0 Å². The van der Waals surface area contributed by atoms with Crippen LogP contribution in [-0.4, -0.2) is 79.4 Å². The van der Waals surface area contributed by atoms with Crippen LogP contribution in [0.15, 0.2) is 47.4 Å². The molecule has 1 N–H and O–H groups in total. The second-order valence-corrected chi connectivity index (χ2v) is 9.29. The van der Waals surface area contributed by atoms with Crippen LogP contribution >= 0.6 is 0 Å². The molecule has 184 valence electrons. The molecule has 0 radical (unpaired) electrons. The maximum absolute atomic E-state index is 13.2. The lowest BCUT2D eigenvalue weighted by molar-refractivity contribution is 0.0172. The summed E-state index contributed by atoms with van der Waals surface area (Å²) in [5.41, 5.74) is 0.750. The first-order chi connectivity index (χ1) is 16.3. The number of hydrogen-bond acceptors (Lipinski definition) is 9. The Morgan fingerprint density at radius 2 is 1.53 bits per heavy atom. The Balaban J connectivity index is 1.90. The largest absolute Gasteiger partial charge is 0.497 e. The molecule has 2 aromatic rings. The lowest BCUT2D eigenvalue weighted by Crippen LogP contribution is -2.43. The Labute approximate surface area is 198 Å². The van der Waals surface area contributed by atoms with Crippen LogP contribution in [0.5, 0.6) is 5.75 Å². The third kappa shape index (κ3) is 6.11. The van der Waals surface area contributed by atoms with E-state index in [4.69, 9.17) is 18.9 Å². The molecule has 1 fully saturated rings. The van der Waals surface area contributed by atoms with E-state index in [0.29, 0.717) is 32.1 Å². The number of ether oxygens (including phenoxy) is 4. The first-order valence-electron chi connectivity index (χ1n) is 10.6. The van der Waals surface area contributed by atoms with Crippen molar-refractivity contribution in [2.45, 2.75) is 10.9 Å². The van der Waals surface area contributed by atoms with Gasteiger partial charge in [-0.3, -0.25) is 4.90 Å². The average Bonchev–Trinajstić information content (AvgIpc) is 2.88. The number of nitrogens with zero attached hydrogens (tertiary/aromatic N) is 1. The van der Waals surface area contributed by atoms with Crippen LogP contribution in [0.4, 0.5) is 0 Å². The maximum atomic E-state index is 13.2. The van der Waals surface area contributed by atoms with Crippen LogP contribution in [0.1, 0.15) is 32.3 Å². The number of rotatable bonds is 9. The summed E-state index contributed by atoms with van der Waals surface area (Å²) < 4.78 is 49.1. The van der Waals surface area contributed by atoms with Gasteiger partial charge in [0.05, 0.1) is 50.6 Å². The first kappa shape index (κ1) is 25.6. The molecule has 0 amide bonds. The highest BCUT2D eigenvalue weighted by Crippen LogP contribution is 2.25. The average molecular weight is 493 g/mol. The summed E-state index contributed by atoms with van der Waals surface area (Å²) >= 11 is 0. The molecule has 0 bridgehead atoms. The SMILES string of the molecule is COC(=O)c1cc(C(=O)OC)cc(S(=O)(=O)NCC(c2ccc(OC)cc2)N2CCOCC2)c1. The lowest BCUT2D eigenvalue weighted by Gasteiger charge is -2.35. The van der Waals surface area contributed by atoms with Gasteiger partial charge in [-0.15, -0.1) is 0 Å². The van der Waals surface area contributed by atoms with E-state index in [2.05, 4.69) is 9.62 Å². The van der Waals surface area contributed by atoms with Crippen LogP contribution < -0.4 is 9.46 Å². The van der Waals surface area contributed by atoms with Gasteiger partial charge in [-0.1, -0.05) is 12.1 Å². The highest BCUT2D eigenvalue weighted by atomic mass is 32.2. The van der Waals surface area contributed by atoms with Gasteiger partial charge in [-0.05, 0) is 35.9 Å². The summed E-state index contributed by atoms with van der Waals surface area (Å²) in [5, 5.41) is 0. The molecule has 10 nitrogen and oxygen atoms in total. The molecule has 1 saturated heterocycles. The van der Waals surface area contributed by atoms with Gasteiger partial charge in [0.1, 0.15) is 5.75 Å². The van der Waals surface area contributed by atoms with Gasteiger partial charge in [0.2, 0.25) is 10.0 Å². The van der Waals surface area contributed by atoms with E-state index >= 15 is 0 Å². The molecule has 2 aromatic carbocycles. The van der Waals surface area contributed by atoms with E-state index in [1.54, 1.807) is 7.11 Å². The Morgan fingerprint density at radius 1 is 0.971 bits per heavy atom. The van der Waals surface area contributed by atoms with Gasteiger partial charge < -0.3 is 18.9 Å². The number of sulfonamides is 1. The number of morpholine rings is 1. The Bertz CT molecular complexity index is 1080. The van der Waals surface area contributed by atoms with Crippen molar-refractivity contribution in [3.8, 4) is 5.75 Å². The number of benzene rings is 2. The number of nitrogens with one attached hydrogen (secondary N) is 1. The third-order valence-electron chi connectivity index (χ3n) is 5.51. The maximum Gasteiger partial charge on any atom is 0.337 e. The summed E-state index contributed by atoms with van der Waals surface area (Å²) in [5.74, 6) is -0.849. The molecule has 1 aliphatic heterocycles. The van der Waals surface area contributed by atoms with E-state index in [1.807, 2.05) is 24.3 Å². The smallest absolute Gasteiger partial charge is 0.337 e. The van der Waals surface area contributed by atoms with E-state index in [9.17, 15) is 18.0 Å². The van der Waals surface area contributed by atoms with Gasteiger partial charge in [0.15, 0.2) is 0 Å². The normalized spacial score (nSPS) is 15.4. The third-order valence-corrected chi connectivity index (χ3v) is 6.92. The van der Waals surface area contributed by atoms with Crippen LogP contribution in [0.25, 0.3) is 0 Å². The molecular formula is C23H28N2O8S. The van der Waals surface area contributed by atoms with Crippen molar-refractivity contribution in [1.82, 2.24) is 9.62 Å². The van der Waals surface area contributed by atoms with E-state index in [0.717, 1.165) is 17.7 Å². The molecule has 1 heterocycles. The van der Waals surface area contributed by atoms with Crippen LogP contribution in [0.3, 0.4) is 0 Å². The van der Waals surface area contributed by atoms with Gasteiger partial charge in [0.25, 0.3) is 0 Å². The van der Waals surface area contributed by atoms with E-state index in [1.165, 1.54) is 20.3 Å². The summed E-state index contributed by atoms with van der Waals surface area (Å²) in [6.45, 7) is 2.43. The Hall–Kier alpha value is -2.99. The second-order valence-electron chi connectivity index (χ2n) is 7.52. The topological polar surface area (TPSA) is 120 Å². The second kappa shape index (κ2) is 11.4. The molecule has 1 aliphatic rings. The predicted molar refractivity (Wildman–Crippen MR) is 122 cm³/mol. The van der Waals surface area contributed by atoms with Crippen molar-refractivity contribution in [3.05, 3.63) is 59.2 Å². The highest BCUT2D eigenvalue weighted by molar-refractivity contribution is 7.89. The van der Waals surface area contributed by atoms with Crippen LogP contribution in [0.2, 0.25) is 0 Å². The zero-order valence-corrected chi connectivity index (χ0v) is 20.1. The van der Waals surface area contributed by atoms with Gasteiger partial charge in [-0.25, -0.2) is 22.7 Å². The van der Waals surface area contributed by atoms with Crippen molar-refractivity contribution in [2.75, 3.05) is 54.2 Å². The number of hydrogen-bond donors (Lipinski definition) is 1. The Morgan fingerprint density at radius 3 is 2.03 bits per heavy atom. The van der Waals surface area contributed by atoms with Crippen molar-refractivity contribution in [2.24, 2.45) is 0 Å². The van der Waals surface area contributed by atoms with Gasteiger partial charge >= 0.3 is 11.9 Å². The fourth-order valence-corrected chi connectivity index (χ4v) is 4.78. The van der Waals surface area contributed by atoms with Crippen LogP contribution in [-0.2, 0) is 24.2 Å². The number of methoxy groups -OCH3 is 3. The predicted octanol–water partition coefficient (Wildman–Crippen LogP) is 1.62. The summed E-state index contributed by atoms with van der Waals surface area (Å²) in [6, 6.07) is 10.7. The van der Waals surface area contributed by atoms with Crippen molar-refractivity contribution in [1.29, 1.82) is 0 Å². The summed E-state index contributed by atoms with van der Waals surface area (Å²) in [6.07, 6.45) is 0. The van der Waals surface area contributed by atoms with E-state index in [-0.39, 0.29) is 28.6 Å². The molecule has 34 heavy (non-hydrogen) atoms. The van der Waals surface area contributed by atoms with Crippen molar-refractivity contribution >= 4 is 22.0 Å². The quantitative estimate of drug-likeness (QED) is 0.521. The number of carbonyl (C=O) groups excluding carboxylic acids is 2. The van der Waals surface area contributed by atoms with E-state index < -0.39 is 22.0 Å². The van der Waals surface area contributed by atoms with Crippen LogP contribution in [0, 0.1) is 0 Å². The molecule has 0 spiro atoms. The fraction of sp³-hybridized carbons (Fsp3) is 0.391. The molecule has 0 aromatic heterocycles. The zero-order valence-electron chi connectivity index (χ0n) is 19.3. The Kier molecular flexibility index (Phi) is 8.61. The highest BCUT2D eigenvalue weighted by Gasteiger charge is 2.26. The minimum absolute atomic E-state index is 0.0602. The van der Waals surface area contributed by atoms with Gasteiger partial charge in [0, 0.05) is 25.7 Å². The minimum atomic E-state index is -4.09. The summed E-state index contributed by atoms with van der Waals surface area (Å²) in [4.78, 5) is 26.0. The zero-order chi connectivity index (χ0) is 24.7. The standard InChI is InChI=1S/C23H28N2O8S/c1-30-19-6-4-16(5-7-19)21(25-8-10-33-11-9-25)15-24-34(28,29)20-13-17(22(26)31-2)12-18(14-20)23(27)32-3/h4-7,12-14,21,24H,8-11,15H2,1-3H3. The monoisotopic (exact) mass is 492 g/mol. The number of esters is 2. The molecule has 1 unspecified atom stereocenters. The number of carbonyl (C=O) groups is 2. The van der Waals surface area contributed by atoms with Gasteiger partial charge in [-0.2, -0.15) is 0 Å². The molecule has 0 saturated carbocycles. The molecule has 3 rings (SSSR count).